The molecule has 0 bridgehead atoms. The lowest BCUT2D eigenvalue weighted by molar-refractivity contribution is 0.0594. The van der Waals surface area contributed by atoms with Gasteiger partial charge in [0, 0.05) is 11.4 Å². The maximum absolute atomic E-state index is 13.5. The summed E-state index contributed by atoms with van der Waals surface area (Å²) in [6, 6.07) is 2.74. The minimum absolute atomic E-state index is 0.0600. The molecule has 0 saturated heterocycles. The van der Waals surface area contributed by atoms with Gasteiger partial charge in [-0.1, -0.05) is 15.9 Å². The van der Waals surface area contributed by atoms with Crippen LogP contribution >= 0.6 is 15.9 Å². The van der Waals surface area contributed by atoms with Crippen LogP contribution in [0.25, 0.3) is 0 Å². The zero-order valence-electron chi connectivity index (χ0n) is 8.34. The van der Waals surface area contributed by atoms with Gasteiger partial charge in [-0.15, -0.1) is 0 Å². The molecule has 0 saturated carbocycles. The molecule has 0 radical (unpaired) electrons. The van der Waals surface area contributed by atoms with Gasteiger partial charge in [0.25, 0.3) is 0 Å². The molecule has 0 unspecified atom stereocenters. The van der Waals surface area contributed by atoms with E-state index in [1.165, 1.54) is 14.2 Å². The molecule has 0 aliphatic heterocycles. The smallest absolute Gasteiger partial charge is 0.341 e. The predicted molar refractivity (Wildman–Crippen MR) is 56.9 cm³/mol. The number of carbonyl (C=O) groups excluding carboxylic acids is 1. The Balaban J connectivity index is 3.30. The van der Waals surface area contributed by atoms with E-state index in [0.29, 0.717) is 16.6 Å². The number of ether oxygens (including phenoxy) is 2. The molecule has 0 aromatic heterocycles. The summed E-state index contributed by atoms with van der Waals surface area (Å²) < 4.78 is 22.9. The first kappa shape index (κ1) is 12.0. The van der Waals surface area contributed by atoms with Gasteiger partial charge in [-0.25, -0.2) is 9.18 Å². The molecule has 5 heteroatoms. The van der Waals surface area contributed by atoms with Crippen molar-refractivity contribution in [2.75, 3.05) is 14.2 Å². The Morgan fingerprint density at radius 3 is 2.60 bits per heavy atom. The topological polar surface area (TPSA) is 35.5 Å². The fourth-order valence-electron chi connectivity index (χ4n) is 1.19. The van der Waals surface area contributed by atoms with Crippen LogP contribution in [0.1, 0.15) is 15.9 Å². The van der Waals surface area contributed by atoms with E-state index in [0.717, 1.165) is 6.07 Å². The van der Waals surface area contributed by atoms with Gasteiger partial charge < -0.3 is 9.47 Å². The highest BCUT2D eigenvalue weighted by Crippen LogP contribution is 2.24. The minimum Gasteiger partial charge on any atom is -0.497 e. The third-order valence-electron chi connectivity index (χ3n) is 1.91. The second kappa shape index (κ2) is 5.11. The SMILES string of the molecule is COC(=O)c1c(F)cc(OC)cc1CBr. The average molecular weight is 277 g/mol. The fraction of sp³-hybridized carbons (Fsp3) is 0.300. The third kappa shape index (κ3) is 2.47. The molecule has 0 spiro atoms. The van der Waals surface area contributed by atoms with Crippen LogP contribution in [-0.4, -0.2) is 20.2 Å². The lowest BCUT2D eigenvalue weighted by Gasteiger charge is -2.09. The molecule has 0 heterocycles. The summed E-state index contributed by atoms with van der Waals surface area (Å²) in [5.41, 5.74) is 0.439. The molecule has 0 aliphatic rings. The zero-order valence-corrected chi connectivity index (χ0v) is 9.93. The summed E-state index contributed by atoms with van der Waals surface area (Å²) in [7, 11) is 2.65. The van der Waals surface area contributed by atoms with Crippen LogP contribution in [0.3, 0.4) is 0 Å². The highest BCUT2D eigenvalue weighted by molar-refractivity contribution is 9.08. The summed E-state index contributed by atoms with van der Waals surface area (Å²) in [5, 5.41) is 0.353. The number of benzene rings is 1. The lowest BCUT2D eigenvalue weighted by atomic mass is 10.1. The number of hydrogen-bond donors (Lipinski definition) is 0. The Morgan fingerprint density at radius 1 is 1.47 bits per heavy atom. The molecule has 1 aromatic carbocycles. The van der Waals surface area contributed by atoms with Crippen molar-refractivity contribution in [1.29, 1.82) is 0 Å². The number of esters is 1. The van der Waals surface area contributed by atoms with Gasteiger partial charge in [-0.05, 0) is 11.6 Å². The van der Waals surface area contributed by atoms with E-state index in [1.807, 2.05) is 0 Å². The maximum Gasteiger partial charge on any atom is 0.341 e. The highest BCUT2D eigenvalue weighted by atomic mass is 79.9. The molecule has 15 heavy (non-hydrogen) atoms. The average Bonchev–Trinajstić information content (AvgIpc) is 2.26. The van der Waals surface area contributed by atoms with Crippen LogP contribution in [-0.2, 0) is 10.1 Å². The minimum atomic E-state index is -0.690. The number of hydrogen-bond acceptors (Lipinski definition) is 3. The summed E-state index contributed by atoms with van der Waals surface area (Å²) >= 11 is 3.17. The van der Waals surface area contributed by atoms with Gasteiger partial charge >= 0.3 is 5.97 Å². The van der Waals surface area contributed by atoms with E-state index >= 15 is 0 Å². The molecule has 0 fully saturated rings. The molecule has 0 N–H and O–H groups in total. The molecule has 0 amide bonds. The third-order valence-corrected chi connectivity index (χ3v) is 2.52. The molecular weight excluding hydrogens is 267 g/mol. The Labute approximate surface area is 95.3 Å². The number of alkyl halides is 1. The van der Waals surface area contributed by atoms with Crippen molar-refractivity contribution in [3.05, 3.63) is 29.1 Å². The number of methoxy groups -OCH3 is 2. The van der Waals surface area contributed by atoms with Crippen LogP contribution < -0.4 is 4.74 Å². The van der Waals surface area contributed by atoms with Crippen molar-refractivity contribution in [2.45, 2.75) is 5.33 Å². The Morgan fingerprint density at radius 2 is 2.13 bits per heavy atom. The largest absolute Gasteiger partial charge is 0.497 e. The zero-order chi connectivity index (χ0) is 11.4. The Hall–Kier alpha value is -1.10. The van der Waals surface area contributed by atoms with Crippen LogP contribution in [0.4, 0.5) is 4.39 Å². The van der Waals surface area contributed by atoms with Crippen molar-refractivity contribution in [1.82, 2.24) is 0 Å². The quantitative estimate of drug-likeness (QED) is 0.629. The van der Waals surface area contributed by atoms with Gasteiger partial charge in [0.15, 0.2) is 0 Å². The van der Waals surface area contributed by atoms with Gasteiger partial charge in [0.1, 0.15) is 11.6 Å². The van der Waals surface area contributed by atoms with Crippen LogP contribution in [0.2, 0.25) is 0 Å². The fourth-order valence-corrected chi connectivity index (χ4v) is 1.63. The molecule has 1 aromatic rings. The number of carbonyl (C=O) groups is 1. The molecule has 0 aliphatic carbocycles. The monoisotopic (exact) mass is 276 g/mol. The van der Waals surface area contributed by atoms with E-state index in [-0.39, 0.29) is 5.56 Å². The van der Waals surface area contributed by atoms with Crippen molar-refractivity contribution in [2.24, 2.45) is 0 Å². The summed E-state index contributed by atoms with van der Waals surface area (Å²) in [6.45, 7) is 0. The van der Waals surface area contributed by atoms with Gasteiger partial charge in [0.2, 0.25) is 0 Å². The van der Waals surface area contributed by atoms with E-state index < -0.39 is 11.8 Å². The van der Waals surface area contributed by atoms with E-state index in [4.69, 9.17) is 4.74 Å². The molecule has 82 valence electrons. The Bertz CT molecular complexity index is 379. The van der Waals surface area contributed by atoms with Gasteiger partial charge in [-0.3, -0.25) is 0 Å². The standard InChI is InChI=1S/C10H10BrFO3/c1-14-7-3-6(5-11)9(8(12)4-7)10(13)15-2/h3-4H,5H2,1-2H3. The molecule has 1 rings (SSSR count). The maximum atomic E-state index is 13.5. The van der Waals surface area contributed by atoms with E-state index in [2.05, 4.69) is 20.7 Å². The Kier molecular flexibility index (Phi) is 4.08. The first-order valence-electron chi connectivity index (χ1n) is 4.14. The lowest BCUT2D eigenvalue weighted by Crippen LogP contribution is -2.08. The number of rotatable bonds is 3. The van der Waals surface area contributed by atoms with Crippen molar-refractivity contribution in [3.63, 3.8) is 0 Å². The molecule has 3 nitrogen and oxygen atoms in total. The van der Waals surface area contributed by atoms with Crippen molar-refractivity contribution in [3.8, 4) is 5.75 Å². The second-order valence-electron chi connectivity index (χ2n) is 2.77. The van der Waals surface area contributed by atoms with Crippen LogP contribution in [0.5, 0.6) is 5.75 Å². The van der Waals surface area contributed by atoms with Crippen molar-refractivity contribution < 1.29 is 18.7 Å². The molecular formula is C10H10BrFO3. The highest BCUT2D eigenvalue weighted by Gasteiger charge is 2.18. The van der Waals surface area contributed by atoms with Gasteiger partial charge in [-0.2, -0.15) is 0 Å². The number of halogens is 2. The predicted octanol–water partition coefficient (Wildman–Crippen LogP) is 2.52. The van der Waals surface area contributed by atoms with Gasteiger partial charge in [0.05, 0.1) is 19.8 Å². The first-order chi connectivity index (χ1) is 7.13. The second-order valence-corrected chi connectivity index (χ2v) is 3.33. The molecule has 0 atom stereocenters. The van der Waals surface area contributed by atoms with Crippen LogP contribution in [0.15, 0.2) is 12.1 Å². The summed E-state index contributed by atoms with van der Waals surface area (Å²) in [6.07, 6.45) is 0. The first-order valence-corrected chi connectivity index (χ1v) is 5.26. The van der Waals surface area contributed by atoms with Crippen molar-refractivity contribution >= 4 is 21.9 Å². The van der Waals surface area contributed by atoms with E-state index in [1.54, 1.807) is 6.07 Å². The summed E-state index contributed by atoms with van der Waals surface area (Å²) in [5.74, 6) is -0.963. The van der Waals surface area contributed by atoms with Crippen LogP contribution in [0, 0.1) is 5.82 Å². The summed E-state index contributed by atoms with van der Waals surface area (Å²) in [4.78, 5) is 11.3. The normalized spacial score (nSPS) is 9.87. The van der Waals surface area contributed by atoms with E-state index in [9.17, 15) is 9.18 Å².